The van der Waals surface area contributed by atoms with E-state index in [0.717, 1.165) is 35.3 Å². The monoisotopic (exact) mass is 352 g/mol. The van der Waals surface area contributed by atoms with E-state index in [1.165, 1.54) is 11.3 Å². The molecule has 102 valence electrons. The molecule has 1 aliphatic heterocycles. The molecule has 1 aromatic rings. The maximum absolute atomic E-state index is 12.2. The molecule has 1 fully saturated rings. The van der Waals surface area contributed by atoms with Gasteiger partial charge in [-0.05, 0) is 67.5 Å². The maximum atomic E-state index is 12.2. The number of piperidine rings is 1. The fourth-order valence-electron chi connectivity index (χ4n) is 1.97. The van der Waals surface area contributed by atoms with Gasteiger partial charge in [0.15, 0.2) is 0 Å². The molecule has 0 bridgehead atoms. The molecule has 0 amide bonds. The smallest absolute Gasteiger partial charge is 0.250 e. The summed E-state index contributed by atoms with van der Waals surface area (Å²) in [4.78, 5) is 2.22. The van der Waals surface area contributed by atoms with Gasteiger partial charge >= 0.3 is 0 Å². The van der Waals surface area contributed by atoms with Crippen molar-refractivity contribution in [2.24, 2.45) is 0 Å². The maximum Gasteiger partial charge on any atom is 0.250 e. The quantitative estimate of drug-likeness (QED) is 0.906. The van der Waals surface area contributed by atoms with E-state index < -0.39 is 10.0 Å². The summed E-state index contributed by atoms with van der Waals surface area (Å²) in [6.07, 6.45) is 1.75. The fourth-order valence-corrected chi connectivity index (χ4v) is 5.52. The van der Waals surface area contributed by atoms with E-state index in [1.54, 1.807) is 6.07 Å². The highest BCUT2D eigenvalue weighted by atomic mass is 79.9. The zero-order valence-electron chi connectivity index (χ0n) is 10.4. The first kappa shape index (κ1) is 14.5. The number of halogens is 1. The number of rotatable bonds is 3. The second kappa shape index (κ2) is 5.58. The highest BCUT2D eigenvalue weighted by Crippen LogP contribution is 2.30. The van der Waals surface area contributed by atoms with Crippen LogP contribution in [0.5, 0.6) is 0 Å². The first-order valence-corrected chi connectivity index (χ1v) is 8.94. The summed E-state index contributed by atoms with van der Waals surface area (Å²) >= 11 is 4.63. The van der Waals surface area contributed by atoms with Crippen molar-refractivity contribution in [2.45, 2.75) is 30.0 Å². The summed E-state index contributed by atoms with van der Waals surface area (Å²) < 4.78 is 28.5. The van der Waals surface area contributed by atoms with Gasteiger partial charge in [-0.1, -0.05) is 0 Å². The zero-order valence-corrected chi connectivity index (χ0v) is 13.7. The average molecular weight is 353 g/mol. The molecule has 4 nitrogen and oxygen atoms in total. The van der Waals surface area contributed by atoms with Crippen LogP contribution in [0.2, 0.25) is 0 Å². The van der Waals surface area contributed by atoms with E-state index in [0.29, 0.717) is 4.21 Å². The molecule has 7 heteroatoms. The molecule has 0 radical (unpaired) electrons. The molecule has 2 heterocycles. The lowest BCUT2D eigenvalue weighted by Gasteiger charge is -2.29. The highest BCUT2D eigenvalue weighted by molar-refractivity contribution is 9.11. The van der Waals surface area contributed by atoms with Crippen molar-refractivity contribution in [3.05, 3.63) is 15.4 Å². The molecule has 2 rings (SSSR count). The summed E-state index contributed by atoms with van der Waals surface area (Å²) in [5, 5.41) is 0. The molecule has 0 saturated carbocycles. The van der Waals surface area contributed by atoms with Gasteiger partial charge in [-0.15, -0.1) is 11.3 Å². The first-order valence-electron chi connectivity index (χ1n) is 5.85. The van der Waals surface area contributed by atoms with Gasteiger partial charge < -0.3 is 4.90 Å². The van der Waals surface area contributed by atoms with E-state index in [-0.39, 0.29) is 6.04 Å². The molecule has 0 unspecified atom stereocenters. The van der Waals surface area contributed by atoms with Crippen LogP contribution in [-0.4, -0.2) is 39.5 Å². The Morgan fingerprint density at radius 1 is 1.44 bits per heavy atom. The molecule has 0 atom stereocenters. The number of hydrogen-bond acceptors (Lipinski definition) is 4. The molecule has 1 aliphatic rings. The van der Waals surface area contributed by atoms with Crippen molar-refractivity contribution in [3.8, 4) is 0 Å². The number of sulfonamides is 1. The number of nitrogens with zero attached hydrogens (tertiary/aromatic N) is 1. The van der Waals surface area contributed by atoms with Gasteiger partial charge in [-0.25, -0.2) is 13.1 Å². The van der Waals surface area contributed by atoms with Crippen LogP contribution in [0.3, 0.4) is 0 Å². The number of thiophene rings is 1. The van der Waals surface area contributed by atoms with Crippen molar-refractivity contribution >= 4 is 37.3 Å². The summed E-state index contributed by atoms with van der Waals surface area (Å²) in [6, 6.07) is 1.78. The summed E-state index contributed by atoms with van der Waals surface area (Å²) in [6.45, 7) is 3.79. The zero-order chi connectivity index (χ0) is 13.3. The lowest BCUT2D eigenvalue weighted by molar-refractivity contribution is 0.248. The van der Waals surface area contributed by atoms with Gasteiger partial charge in [0.2, 0.25) is 10.0 Å². The van der Waals surface area contributed by atoms with Crippen molar-refractivity contribution in [3.63, 3.8) is 0 Å². The minimum absolute atomic E-state index is 0.0624. The molecule has 0 spiro atoms. The summed E-state index contributed by atoms with van der Waals surface area (Å²) in [7, 11) is -1.30. The number of likely N-dealkylation sites (tertiary alicyclic amines) is 1. The van der Waals surface area contributed by atoms with E-state index >= 15 is 0 Å². The second-order valence-corrected chi connectivity index (χ2v) is 9.03. The van der Waals surface area contributed by atoms with Gasteiger partial charge in [0, 0.05) is 6.04 Å². The van der Waals surface area contributed by atoms with E-state index in [4.69, 9.17) is 0 Å². The molecule has 1 saturated heterocycles. The molecular formula is C11H17BrN2O2S2. The van der Waals surface area contributed by atoms with E-state index in [2.05, 4.69) is 32.6 Å². The SMILES string of the molecule is Cc1cc(S(=O)(=O)NC2CCN(C)CC2)sc1Br. The van der Waals surface area contributed by atoms with Crippen molar-refractivity contribution in [1.29, 1.82) is 0 Å². The fraction of sp³-hybridized carbons (Fsp3) is 0.636. The molecule has 0 aliphatic carbocycles. The Morgan fingerprint density at radius 2 is 2.06 bits per heavy atom. The van der Waals surface area contributed by atoms with Crippen LogP contribution in [0.4, 0.5) is 0 Å². The van der Waals surface area contributed by atoms with Crippen LogP contribution in [0.25, 0.3) is 0 Å². The molecule has 18 heavy (non-hydrogen) atoms. The van der Waals surface area contributed by atoms with Gasteiger partial charge in [-0.2, -0.15) is 0 Å². The third kappa shape index (κ3) is 3.33. The second-order valence-electron chi connectivity index (χ2n) is 4.72. The minimum Gasteiger partial charge on any atom is -0.306 e. The van der Waals surface area contributed by atoms with Gasteiger partial charge in [0.25, 0.3) is 0 Å². The van der Waals surface area contributed by atoms with Crippen molar-refractivity contribution in [1.82, 2.24) is 9.62 Å². The topological polar surface area (TPSA) is 49.4 Å². The number of hydrogen-bond donors (Lipinski definition) is 1. The largest absolute Gasteiger partial charge is 0.306 e. The standard InChI is InChI=1S/C11H17BrN2O2S2/c1-8-7-10(17-11(8)12)18(15,16)13-9-3-5-14(2)6-4-9/h7,9,13H,3-6H2,1-2H3. The Hall–Kier alpha value is 0.0500. The lowest BCUT2D eigenvalue weighted by atomic mass is 10.1. The average Bonchev–Trinajstić information content (AvgIpc) is 2.63. The molecule has 1 N–H and O–H groups in total. The summed E-state index contributed by atoms with van der Waals surface area (Å²) in [5.41, 5.74) is 0.962. The minimum atomic E-state index is -3.36. The van der Waals surface area contributed by atoms with Gasteiger partial charge in [0.1, 0.15) is 4.21 Å². The molecule has 1 aromatic heterocycles. The highest BCUT2D eigenvalue weighted by Gasteiger charge is 2.25. The van der Waals surface area contributed by atoms with Crippen LogP contribution < -0.4 is 4.72 Å². The molecule has 0 aromatic carbocycles. The van der Waals surface area contributed by atoms with Crippen LogP contribution in [0, 0.1) is 6.92 Å². The van der Waals surface area contributed by atoms with Crippen LogP contribution >= 0.6 is 27.3 Å². The summed E-state index contributed by atoms with van der Waals surface area (Å²) in [5.74, 6) is 0. The van der Waals surface area contributed by atoms with Crippen LogP contribution in [0.1, 0.15) is 18.4 Å². The lowest BCUT2D eigenvalue weighted by Crippen LogP contribution is -2.43. The predicted octanol–water partition coefficient (Wildman–Crippen LogP) is 2.19. The van der Waals surface area contributed by atoms with Crippen molar-refractivity contribution in [2.75, 3.05) is 20.1 Å². The van der Waals surface area contributed by atoms with Crippen molar-refractivity contribution < 1.29 is 8.42 Å². The third-order valence-electron chi connectivity index (χ3n) is 3.14. The Kier molecular flexibility index (Phi) is 4.48. The third-order valence-corrected chi connectivity index (χ3v) is 7.27. The van der Waals surface area contributed by atoms with E-state index in [9.17, 15) is 8.42 Å². The molecular weight excluding hydrogens is 336 g/mol. The normalized spacial score (nSPS) is 19.3. The Balaban J connectivity index is 2.08. The van der Waals surface area contributed by atoms with Crippen LogP contribution in [0.15, 0.2) is 14.1 Å². The predicted molar refractivity (Wildman–Crippen MR) is 77.6 cm³/mol. The van der Waals surface area contributed by atoms with Gasteiger partial charge in [0.05, 0.1) is 3.79 Å². The Labute approximate surface area is 121 Å². The Bertz CT molecular complexity index is 500. The number of nitrogens with one attached hydrogen (secondary N) is 1. The Morgan fingerprint density at radius 3 is 2.56 bits per heavy atom. The van der Waals surface area contributed by atoms with E-state index in [1.807, 2.05) is 6.92 Å². The first-order chi connectivity index (χ1) is 8.38. The van der Waals surface area contributed by atoms with Crippen LogP contribution in [-0.2, 0) is 10.0 Å². The van der Waals surface area contributed by atoms with Gasteiger partial charge in [-0.3, -0.25) is 0 Å². The number of aryl methyl sites for hydroxylation is 1.